The molecular formula is C16H26N2O3. The van der Waals surface area contributed by atoms with Crippen molar-refractivity contribution in [3.05, 3.63) is 18.2 Å². The summed E-state index contributed by atoms with van der Waals surface area (Å²) in [5.74, 6) is 1.05. The largest absolute Gasteiger partial charge is 0.494 e. The fourth-order valence-electron chi connectivity index (χ4n) is 1.75. The third-order valence-electron chi connectivity index (χ3n) is 3.04. The molecule has 0 saturated carbocycles. The molecule has 0 aromatic heterocycles. The lowest BCUT2D eigenvalue weighted by Crippen LogP contribution is -2.45. The average molecular weight is 294 g/mol. The van der Waals surface area contributed by atoms with Gasteiger partial charge < -0.3 is 20.5 Å². The van der Waals surface area contributed by atoms with Gasteiger partial charge in [-0.2, -0.15) is 0 Å². The predicted octanol–water partition coefficient (Wildman–Crippen LogP) is 2.80. The first kappa shape index (κ1) is 17.3. The number of nitrogens with one attached hydrogen (secondary N) is 1. The molecule has 0 bridgehead atoms. The number of carbonyl (C=O) groups excluding carboxylic acids is 1. The SMILES string of the molecule is CCOc1ccc(OCC)c(NC(=O)[C@@H](N)C(C)(C)C)c1. The van der Waals surface area contributed by atoms with Crippen LogP contribution >= 0.6 is 0 Å². The van der Waals surface area contributed by atoms with Gasteiger partial charge >= 0.3 is 0 Å². The van der Waals surface area contributed by atoms with Gasteiger partial charge in [-0.05, 0) is 31.4 Å². The van der Waals surface area contributed by atoms with Crippen molar-refractivity contribution in [1.29, 1.82) is 0 Å². The normalized spacial score (nSPS) is 12.7. The maximum Gasteiger partial charge on any atom is 0.241 e. The molecule has 1 rings (SSSR count). The molecule has 0 unspecified atom stereocenters. The second-order valence-corrected chi connectivity index (χ2v) is 5.86. The number of hydrogen-bond donors (Lipinski definition) is 2. The molecule has 0 spiro atoms. The smallest absolute Gasteiger partial charge is 0.241 e. The van der Waals surface area contributed by atoms with Crippen molar-refractivity contribution in [3.63, 3.8) is 0 Å². The van der Waals surface area contributed by atoms with E-state index in [4.69, 9.17) is 15.2 Å². The molecule has 0 aliphatic carbocycles. The number of amides is 1. The Hall–Kier alpha value is -1.75. The molecular weight excluding hydrogens is 268 g/mol. The molecule has 21 heavy (non-hydrogen) atoms. The van der Waals surface area contributed by atoms with E-state index < -0.39 is 6.04 Å². The van der Waals surface area contributed by atoms with Crippen LogP contribution in [0.3, 0.4) is 0 Å². The van der Waals surface area contributed by atoms with Gasteiger partial charge in [0, 0.05) is 6.07 Å². The highest BCUT2D eigenvalue weighted by Crippen LogP contribution is 2.30. The summed E-state index contributed by atoms with van der Waals surface area (Å²) >= 11 is 0. The second-order valence-electron chi connectivity index (χ2n) is 5.86. The summed E-state index contributed by atoms with van der Waals surface area (Å²) in [5, 5.41) is 2.83. The molecule has 5 nitrogen and oxygen atoms in total. The van der Waals surface area contributed by atoms with Crippen LogP contribution in [0.2, 0.25) is 0 Å². The Kier molecular flexibility index (Phi) is 6.03. The van der Waals surface area contributed by atoms with Gasteiger partial charge in [-0.25, -0.2) is 0 Å². The minimum Gasteiger partial charge on any atom is -0.494 e. The summed E-state index contributed by atoms with van der Waals surface area (Å²) < 4.78 is 11.0. The number of carbonyl (C=O) groups is 1. The van der Waals surface area contributed by atoms with E-state index in [1.165, 1.54) is 0 Å². The molecule has 1 aromatic rings. The molecule has 0 aliphatic rings. The van der Waals surface area contributed by atoms with Crippen molar-refractivity contribution in [2.24, 2.45) is 11.1 Å². The van der Waals surface area contributed by atoms with Crippen LogP contribution in [0.15, 0.2) is 18.2 Å². The van der Waals surface area contributed by atoms with Gasteiger partial charge in [0.25, 0.3) is 0 Å². The second kappa shape index (κ2) is 7.31. The summed E-state index contributed by atoms with van der Waals surface area (Å²) in [6.07, 6.45) is 0. The number of rotatable bonds is 6. The van der Waals surface area contributed by atoms with Crippen molar-refractivity contribution in [2.75, 3.05) is 18.5 Å². The number of benzene rings is 1. The van der Waals surface area contributed by atoms with Gasteiger partial charge in [0.2, 0.25) is 5.91 Å². The zero-order valence-corrected chi connectivity index (χ0v) is 13.5. The average Bonchev–Trinajstić information content (AvgIpc) is 2.40. The molecule has 118 valence electrons. The lowest BCUT2D eigenvalue weighted by molar-refractivity contribution is -0.119. The van der Waals surface area contributed by atoms with Crippen LogP contribution in [0.1, 0.15) is 34.6 Å². The van der Waals surface area contributed by atoms with Gasteiger partial charge in [0.05, 0.1) is 24.9 Å². The van der Waals surface area contributed by atoms with Crippen LogP contribution < -0.4 is 20.5 Å². The fourth-order valence-corrected chi connectivity index (χ4v) is 1.75. The monoisotopic (exact) mass is 294 g/mol. The van der Waals surface area contributed by atoms with Crippen LogP contribution in [-0.2, 0) is 4.79 Å². The molecule has 3 N–H and O–H groups in total. The van der Waals surface area contributed by atoms with Gasteiger partial charge in [-0.1, -0.05) is 20.8 Å². The number of anilines is 1. The van der Waals surface area contributed by atoms with E-state index in [1.807, 2.05) is 40.7 Å². The highest BCUT2D eigenvalue weighted by atomic mass is 16.5. The minimum absolute atomic E-state index is 0.239. The Labute approximate surface area is 126 Å². The first-order valence-corrected chi connectivity index (χ1v) is 7.25. The van der Waals surface area contributed by atoms with Crippen LogP contribution in [0, 0.1) is 5.41 Å². The Morgan fingerprint density at radius 1 is 1.24 bits per heavy atom. The van der Waals surface area contributed by atoms with Crippen LogP contribution in [0.25, 0.3) is 0 Å². The zero-order valence-electron chi connectivity index (χ0n) is 13.5. The zero-order chi connectivity index (χ0) is 16.0. The molecule has 1 atom stereocenters. The van der Waals surface area contributed by atoms with E-state index in [1.54, 1.807) is 12.1 Å². The lowest BCUT2D eigenvalue weighted by Gasteiger charge is -2.26. The van der Waals surface area contributed by atoms with Crippen molar-refractivity contribution in [1.82, 2.24) is 0 Å². The highest BCUT2D eigenvalue weighted by Gasteiger charge is 2.28. The molecule has 0 fully saturated rings. The Balaban J connectivity index is 2.98. The first-order chi connectivity index (χ1) is 9.79. The molecule has 0 heterocycles. The van der Waals surface area contributed by atoms with E-state index >= 15 is 0 Å². The summed E-state index contributed by atoms with van der Waals surface area (Å²) in [6, 6.07) is 4.74. The summed E-state index contributed by atoms with van der Waals surface area (Å²) in [5.41, 5.74) is 6.24. The number of nitrogens with two attached hydrogens (primary N) is 1. The topological polar surface area (TPSA) is 73.6 Å². The third-order valence-corrected chi connectivity index (χ3v) is 3.04. The summed E-state index contributed by atoms with van der Waals surface area (Å²) in [6.45, 7) is 10.7. The van der Waals surface area contributed by atoms with Gasteiger partial charge in [0.1, 0.15) is 11.5 Å². The first-order valence-electron chi connectivity index (χ1n) is 7.25. The van der Waals surface area contributed by atoms with Crippen molar-refractivity contribution >= 4 is 11.6 Å². The van der Waals surface area contributed by atoms with E-state index in [2.05, 4.69) is 5.32 Å². The minimum atomic E-state index is -0.609. The number of ether oxygens (including phenoxy) is 2. The lowest BCUT2D eigenvalue weighted by atomic mass is 9.87. The number of hydrogen-bond acceptors (Lipinski definition) is 4. The van der Waals surface area contributed by atoms with E-state index in [0.29, 0.717) is 30.4 Å². The Morgan fingerprint density at radius 3 is 2.38 bits per heavy atom. The van der Waals surface area contributed by atoms with Gasteiger partial charge in [0.15, 0.2) is 0 Å². The van der Waals surface area contributed by atoms with Crippen molar-refractivity contribution < 1.29 is 14.3 Å². The third kappa shape index (κ3) is 4.93. The summed E-state index contributed by atoms with van der Waals surface area (Å²) in [4.78, 5) is 12.3. The van der Waals surface area contributed by atoms with Crippen LogP contribution in [0.5, 0.6) is 11.5 Å². The predicted molar refractivity (Wildman–Crippen MR) is 84.8 cm³/mol. The van der Waals surface area contributed by atoms with Crippen molar-refractivity contribution in [2.45, 2.75) is 40.7 Å². The van der Waals surface area contributed by atoms with Gasteiger partial charge in [-0.3, -0.25) is 4.79 Å². The van der Waals surface area contributed by atoms with Crippen LogP contribution in [-0.4, -0.2) is 25.2 Å². The maximum absolute atomic E-state index is 12.3. The van der Waals surface area contributed by atoms with E-state index in [-0.39, 0.29) is 11.3 Å². The molecule has 5 heteroatoms. The van der Waals surface area contributed by atoms with Crippen molar-refractivity contribution in [3.8, 4) is 11.5 Å². The van der Waals surface area contributed by atoms with Gasteiger partial charge in [-0.15, -0.1) is 0 Å². The van der Waals surface area contributed by atoms with E-state index in [0.717, 1.165) is 0 Å². The van der Waals surface area contributed by atoms with Crippen LogP contribution in [0.4, 0.5) is 5.69 Å². The molecule has 0 radical (unpaired) electrons. The quantitative estimate of drug-likeness (QED) is 0.846. The molecule has 0 saturated heterocycles. The van der Waals surface area contributed by atoms with E-state index in [9.17, 15) is 4.79 Å². The fraction of sp³-hybridized carbons (Fsp3) is 0.562. The molecule has 1 amide bonds. The highest BCUT2D eigenvalue weighted by molar-refractivity contribution is 5.96. The molecule has 0 aliphatic heterocycles. The standard InChI is InChI=1S/C16H26N2O3/c1-6-20-11-8-9-13(21-7-2)12(10-11)18-15(19)14(17)16(3,4)5/h8-10,14H,6-7,17H2,1-5H3,(H,18,19)/t14-/m1/s1. The maximum atomic E-state index is 12.3. The molecule has 1 aromatic carbocycles. The Morgan fingerprint density at radius 2 is 1.86 bits per heavy atom. The Bertz CT molecular complexity index is 481. The summed E-state index contributed by atoms with van der Waals surface area (Å²) in [7, 11) is 0.